The van der Waals surface area contributed by atoms with Gasteiger partial charge in [-0.15, -0.1) is 0 Å². The number of phenols is 1. The first kappa shape index (κ1) is 55.3. The number of aliphatic carboxylic acids is 1. The van der Waals surface area contributed by atoms with Crippen molar-refractivity contribution in [1.82, 2.24) is 5.32 Å². The van der Waals surface area contributed by atoms with E-state index in [1.807, 2.05) is 13.8 Å². The van der Waals surface area contributed by atoms with Gasteiger partial charge in [0.1, 0.15) is 36.1 Å². The number of allylic oxidation sites excluding steroid dienone is 4. The second-order valence-corrected chi connectivity index (χ2v) is 21.5. The van der Waals surface area contributed by atoms with Crippen LogP contribution in [0.5, 0.6) is 11.5 Å². The number of aliphatic hydroxyl groups excluding tert-OH is 3. The zero-order valence-electron chi connectivity index (χ0n) is 43.0. The summed E-state index contributed by atoms with van der Waals surface area (Å²) in [5.41, 5.74) is -3.56. The molecule has 7 bridgehead atoms. The number of hydrogen-bond acceptors (Lipinski definition) is 18. The highest BCUT2D eigenvalue weighted by molar-refractivity contribution is 6.27. The molecule has 20 heteroatoms. The summed E-state index contributed by atoms with van der Waals surface area (Å²) in [4.78, 5) is 79.8. The summed E-state index contributed by atoms with van der Waals surface area (Å²) in [7, 11) is 0. The number of ketones is 2. The molecule has 9 aliphatic rings. The molecule has 0 radical (unpaired) electrons. The van der Waals surface area contributed by atoms with Crippen molar-refractivity contribution in [3.8, 4) is 11.5 Å². The van der Waals surface area contributed by atoms with E-state index in [2.05, 4.69) is 5.32 Å². The molecule has 2 aliphatic carbocycles. The minimum absolute atomic E-state index is 0.00181. The molecule has 15 unspecified atom stereocenters. The van der Waals surface area contributed by atoms with Crippen molar-refractivity contribution in [2.24, 2.45) is 40.9 Å². The molecule has 7 heterocycles. The summed E-state index contributed by atoms with van der Waals surface area (Å²) in [6.45, 7) is 17.4. The van der Waals surface area contributed by atoms with Crippen LogP contribution in [0.25, 0.3) is 0 Å². The van der Waals surface area contributed by atoms with Crippen LogP contribution < -0.4 is 10.1 Å². The molecule has 1 aromatic rings. The standard InChI is InChI=1S/C53H69NO19/c1-23-13-12-14-31(29(7)70-50(65)51(9,10)19-35(57)58)42(59)27(5)37-26(4)38(45(37)62)46(71-30(8)55)25(3)34(72-36-20-53(18-24(2)69-36)21-66-22-68-53)15-16-67-52(11)48(63)41-39-33(56)17-32(54-49(23)64)44(61)40(39)43(60)28(6)47(41)73-52/h12-17,24-27,29,31,34,36-38,42,45-46,48,59-60,62-63H,18-22H2,1-11H3,(H,54,64)(H,57,58)/b14-12+,16-15+,23-13-/t24?,25?,26?,27?,29?,31?,34?,36?,37-,38?,42?,45?,46?,48?,52?,53?/m0/s1. The molecule has 400 valence electrons. The molecule has 10 rings (SSSR count). The van der Waals surface area contributed by atoms with Gasteiger partial charge >= 0.3 is 17.9 Å². The van der Waals surface area contributed by atoms with Crippen LogP contribution in [-0.4, -0.2) is 129 Å². The van der Waals surface area contributed by atoms with Crippen molar-refractivity contribution < 1.29 is 92.2 Å². The smallest absolute Gasteiger partial charge is 0.312 e. The number of hydrogen-bond donors (Lipinski definition) is 6. The average molecular weight is 1020 g/mol. The van der Waals surface area contributed by atoms with E-state index in [0.717, 1.165) is 6.08 Å². The summed E-state index contributed by atoms with van der Waals surface area (Å²) in [6.07, 6.45) is -0.480. The molecule has 73 heavy (non-hydrogen) atoms. The highest BCUT2D eigenvalue weighted by Gasteiger charge is 2.58. The maximum atomic E-state index is 14.1. The molecule has 20 nitrogen and oxygen atoms in total. The number of rotatable bonds is 8. The van der Waals surface area contributed by atoms with Crippen LogP contribution in [0.4, 0.5) is 0 Å². The van der Waals surface area contributed by atoms with E-state index in [1.54, 1.807) is 13.8 Å². The molecule has 1 spiro atoms. The number of phenolic OH excluding ortho intramolecular Hbond substituents is 1. The summed E-state index contributed by atoms with van der Waals surface area (Å²) >= 11 is 0. The average Bonchev–Trinajstić information content (AvgIpc) is 3.85. The highest BCUT2D eigenvalue weighted by atomic mass is 16.7. The Morgan fingerprint density at radius 3 is 2.29 bits per heavy atom. The summed E-state index contributed by atoms with van der Waals surface area (Å²) < 4.78 is 48.9. The van der Waals surface area contributed by atoms with E-state index < -0.39 is 154 Å². The van der Waals surface area contributed by atoms with Crippen LogP contribution in [0.3, 0.4) is 0 Å². The van der Waals surface area contributed by atoms with Crippen LogP contribution >= 0.6 is 0 Å². The van der Waals surface area contributed by atoms with Crippen LogP contribution in [0.2, 0.25) is 0 Å². The van der Waals surface area contributed by atoms with Crippen molar-refractivity contribution in [3.63, 3.8) is 0 Å². The van der Waals surface area contributed by atoms with Crippen LogP contribution in [0.15, 0.2) is 47.9 Å². The molecule has 3 fully saturated rings. The van der Waals surface area contributed by atoms with Crippen molar-refractivity contribution in [2.45, 2.75) is 156 Å². The number of benzene rings is 1. The Balaban J connectivity index is 1.31. The Morgan fingerprint density at radius 1 is 0.959 bits per heavy atom. The number of carbonyl (C=O) groups excluding carboxylic acids is 5. The lowest BCUT2D eigenvalue weighted by Crippen LogP contribution is -2.62. The fourth-order valence-corrected chi connectivity index (χ4v) is 11.4. The van der Waals surface area contributed by atoms with Gasteiger partial charge in [-0.2, -0.15) is 0 Å². The zero-order valence-corrected chi connectivity index (χ0v) is 43.0. The molecule has 1 saturated carbocycles. The van der Waals surface area contributed by atoms with Gasteiger partial charge < -0.3 is 68.7 Å². The third-order valence-corrected chi connectivity index (χ3v) is 15.6. The Morgan fingerprint density at radius 2 is 1.66 bits per heavy atom. The van der Waals surface area contributed by atoms with Crippen LogP contribution in [0, 0.1) is 47.8 Å². The predicted molar refractivity (Wildman–Crippen MR) is 255 cm³/mol. The number of carboxylic acid groups (broad SMARTS) is 1. The number of esters is 2. The summed E-state index contributed by atoms with van der Waals surface area (Å²) in [5.74, 6) is -12.3. The fourth-order valence-electron chi connectivity index (χ4n) is 11.4. The number of amides is 1. The quantitative estimate of drug-likeness (QED) is 0.191. The van der Waals surface area contributed by atoms with Crippen molar-refractivity contribution in [1.29, 1.82) is 0 Å². The maximum absolute atomic E-state index is 14.1. The number of nitrogens with one attached hydrogen (secondary N) is 1. The Hall–Kier alpha value is -5.48. The minimum Gasteiger partial charge on any atom is -0.507 e. The van der Waals surface area contributed by atoms with Crippen molar-refractivity contribution in [2.75, 3.05) is 13.4 Å². The number of carboxylic acids is 1. The van der Waals surface area contributed by atoms with Gasteiger partial charge in [0, 0.05) is 72.8 Å². The molecule has 7 aliphatic heterocycles. The molecule has 1 amide bonds. The predicted octanol–water partition coefficient (Wildman–Crippen LogP) is 4.78. The molecule has 1 aromatic carbocycles. The van der Waals surface area contributed by atoms with Crippen LogP contribution in [-0.2, 0) is 52.3 Å². The zero-order chi connectivity index (χ0) is 53.8. The van der Waals surface area contributed by atoms with Gasteiger partial charge in [-0.1, -0.05) is 39.0 Å². The normalized spacial score (nSPS) is 37.8. The number of Topliss-reactive ketones (excluding diaryl/α,β-unsaturated/α-hetero) is 1. The van der Waals surface area contributed by atoms with Gasteiger partial charge in [-0.05, 0) is 65.4 Å². The molecule has 16 atom stereocenters. The van der Waals surface area contributed by atoms with Crippen molar-refractivity contribution >= 4 is 35.4 Å². The van der Waals surface area contributed by atoms with E-state index in [0.29, 0.717) is 13.0 Å². The second kappa shape index (κ2) is 21.0. The summed E-state index contributed by atoms with van der Waals surface area (Å²) in [5, 5.41) is 59.9. The molecule has 0 aromatic heterocycles. The molecular formula is C53H69NO19. The van der Waals surface area contributed by atoms with E-state index in [4.69, 9.17) is 37.9 Å². The first-order valence-electron chi connectivity index (χ1n) is 24.7. The fraction of sp³-hybridized carbons (Fsp3) is 0.623. The van der Waals surface area contributed by atoms with Crippen LogP contribution in [0.1, 0.15) is 126 Å². The van der Waals surface area contributed by atoms with Gasteiger partial charge in [0.25, 0.3) is 11.7 Å². The first-order valence-corrected chi connectivity index (χ1v) is 24.7. The Bertz CT molecular complexity index is 2490. The van der Waals surface area contributed by atoms with Gasteiger partial charge in [0.2, 0.25) is 5.78 Å². The lowest BCUT2D eigenvalue weighted by Gasteiger charge is -2.55. The Labute approximate surface area is 423 Å². The first-order chi connectivity index (χ1) is 34.1. The van der Waals surface area contributed by atoms with Gasteiger partial charge in [0.15, 0.2) is 18.2 Å². The van der Waals surface area contributed by atoms with Gasteiger partial charge in [-0.25, -0.2) is 0 Å². The number of ether oxygens (including phenoxy) is 8. The SMILES string of the molecule is CC(=O)OC1C(C)C(OC2CC3(COCO3)CC(C)O2)/C=C/OC2(C)Oc3c(C)c(O)c4c(c3C2O)C(=O)C=C(NC(=O)/C(C)=C\C=C\C(C(C)OC(=O)C(C)(C)CC(=O)O)C(O)C(C)[C@@H]2C(C)C1C2O)C4=O. The van der Waals surface area contributed by atoms with Gasteiger partial charge in [0.05, 0.1) is 60.4 Å². The van der Waals surface area contributed by atoms with E-state index >= 15 is 0 Å². The number of aliphatic hydroxyl groups is 3. The van der Waals surface area contributed by atoms with E-state index in [-0.39, 0.29) is 47.3 Å². The number of carbonyl (C=O) groups is 6. The van der Waals surface area contributed by atoms with Crippen molar-refractivity contribution in [3.05, 3.63) is 70.2 Å². The third kappa shape index (κ3) is 10.7. The Kier molecular flexibility index (Phi) is 15.9. The second-order valence-electron chi connectivity index (χ2n) is 21.5. The molecule has 2 saturated heterocycles. The largest absolute Gasteiger partial charge is 0.507 e. The minimum atomic E-state index is -1.97. The van der Waals surface area contributed by atoms with E-state index in [1.165, 1.54) is 79.0 Å². The topological polar surface area (TPSA) is 289 Å². The lowest BCUT2D eigenvalue weighted by atomic mass is 9.54. The summed E-state index contributed by atoms with van der Waals surface area (Å²) in [6, 6.07) is 0. The molecular weight excluding hydrogens is 955 g/mol. The highest BCUT2D eigenvalue weighted by Crippen LogP contribution is 2.54. The third-order valence-electron chi connectivity index (χ3n) is 15.6. The van der Waals surface area contributed by atoms with Gasteiger partial charge in [-0.3, -0.25) is 28.8 Å². The maximum Gasteiger partial charge on any atom is 0.312 e. The molecule has 6 N–H and O–H groups in total. The van der Waals surface area contributed by atoms with E-state index in [9.17, 15) is 54.3 Å². The monoisotopic (exact) mass is 1020 g/mol. The lowest BCUT2D eigenvalue weighted by molar-refractivity contribution is -0.258. The number of aromatic hydroxyl groups is 1.